The van der Waals surface area contributed by atoms with Crippen LogP contribution in [0.25, 0.3) is 0 Å². The van der Waals surface area contributed by atoms with Crippen molar-refractivity contribution in [3.63, 3.8) is 0 Å². The second-order valence-corrected chi connectivity index (χ2v) is 8.18. The molecule has 0 unspecified atom stereocenters. The molecule has 0 spiro atoms. The number of hydrogen-bond acceptors (Lipinski definition) is 7. The van der Waals surface area contributed by atoms with Gasteiger partial charge in [0.1, 0.15) is 17.3 Å². The number of carbonyl (C=O) groups excluding carboxylic acids is 4. The Morgan fingerprint density at radius 2 is 1.94 bits per heavy atom. The van der Waals surface area contributed by atoms with E-state index in [1.54, 1.807) is 20.1 Å². The van der Waals surface area contributed by atoms with Crippen LogP contribution in [0.5, 0.6) is 5.75 Å². The van der Waals surface area contributed by atoms with Gasteiger partial charge >= 0.3 is 6.03 Å². The van der Waals surface area contributed by atoms with Gasteiger partial charge in [-0.05, 0) is 56.0 Å². The van der Waals surface area contributed by atoms with Gasteiger partial charge in [0.25, 0.3) is 11.8 Å². The molecule has 1 fully saturated rings. The van der Waals surface area contributed by atoms with Crippen molar-refractivity contribution >= 4 is 23.8 Å². The number of hydroxylamine groups is 1. The van der Waals surface area contributed by atoms with E-state index in [0.717, 1.165) is 41.0 Å². The summed E-state index contributed by atoms with van der Waals surface area (Å²) in [5.41, 5.74) is 3.07. The molecular formula is C25H32N4O7. The quantitative estimate of drug-likeness (QED) is 0.183. The summed E-state index contributed by atoms with van der Waals surface area (Å²) in [7, 11) is 1.59. The van der Waals surface area contributed by atoms with Crippen molar-refractivity contribution in [1.29, 1.82) is 0 Å². The predicted molar refractivity (Wildman–Crippen MR) is 130 cm³/mol. The van der Waals surface area contributed by atoms with E-state index >= 15 is 0 Å². The lowest BCUT2D eigenvalue weighted by Gasteiger charge is -2.16. The van der Waals surface area contributed by atoms with Gasteiger partial charge in [-0.25, -0.2) is 10.3 Å². The number of rotatable bonds is 5. The zero-order chi connectivity index (χ0) is 26.9. The maximum absolute atomic E-state index is 11.8. The second kappa shape index (κ2) is 12.5. The molecule has 5 N–H and O–H groups in total. The average molecular weight is 501 g/mol. The van der Waals surface area contributed by atoms with Crippen LogP contribution in [0, 0.1) is 6.92 Å². The van der Waals surface area contributed by atoms with Crippen LogP contribution in [0.4, 0.5) is 4.79 Å². The number of allylic oxidation sites excluding steroid dienone is 2. The summed E-state index contributed by atoms with van der Waals surface area (Å²) < 4.78 is 10.6. The molecule has 2 aromatic rings. The zero-order valence-corrected chi connectivity index (χ0v) is 21.0. The van der Waals surface area contributed by atoms with Crippen LogP contribution < -0.4 is 26.2 Å². The predicted octanol–water partition coefficient (Wildman–Crippen LogP) is 2.60. The van der Waals surface area contributed by atoms with Crippen molar-refractivity contribution in [3.8, 4) is 5.75 Å². The molecule has 5 amide bonds. The van der Waals surface area contributed by atoms with Crippen LogP contribution in [0.3, 0.4) is 0 Å². The number of imide groups is 1. The highest BCUT2D eigenvalue weighted by Crippen LogP contribution is 2.28. The number of hydrogen-bond donors (Lipinski definition) is 5. The van der Waals surface area contributed by atoms with Gasteiger partial charge in [-0.15, -0.1) is 0 Å². The summed E-state index contributed by atoms with van der Waals surface area (Å²) in [6.45, 7) is 7.43. The van der Waals surface area contributed by atoms with Crippen LogP contribution in [-0.4, -0.2) is 36.1 Å². The van der Waals surface area contributed by atoms with Crippen LogP contribution in [-0.2, 0) is 28.1 Å². The maximum atomic E-state index is 11.8. The van der Waals surface area contributed by atoms with Crippen molar-refractivity contribution < 1.29 is 33.5 Å². The monoisotopic (exact) mass is 500 g/mol. The number of urea groups is 1. The standard InChI is InChI=1S/C14H18N2O3.C9H9NO2.C2H5NO2/c1-4-5-6-7-10-8-11(19-9(10)2)14(3)12(17)15-13(18)16-14;1-12-7-3-2-6-5-10-9(11)8(6)4-7;1-2(4)3-5/h5-6,8H,4,7H2,1-3H3,(H2,15,16,17,18);2-4H,5H2,1H3,(H,10,11);5H,1H3,(H,3,4)/b6-5-;;/t14-;;/m0../s1. The normalized spacial score (nSPS) is 17.7. The summed E-state index contributed by atoms with van der Waals surface area (Å²) in [5, 5.41) is 15.1. The Bertz CT molecular complexity index is 1160. The third-order valence-electron chi connectivity index (χ3n) is 5.46. The summed E-state index contributed by atoms with van der Waals surface area (Å²) in [5.74, 6) is 1.13. The molecule has 1 aromatic carbocycles. The van der Waals surface area contributed by atoms with Crippen LogP contribution in [0.2, 0.25) is 0 Å². The van der Waals surface area contributed by atoms with Gasteiger partial charge in [-0.1, -0.05) is 25.1 Å². The number of amides is 5. The van der Waals surface area contributed by atoms with E-state index in [2.05, 4.69) is 35.0 Å². The zero-order valence-electron chi connectivity index (χ0n) is 21.0. The summed E-state index contributed by atoms with van der Waals surface area (Å²) in [4.78, 5) is 43.7. The van der Waals surface area contributed by atoms with Gasteiger partial charge in [-0.2, -0.15) is 0 Å². The molecule has 11 nitrogen and oxygen atoms in total. The van der Waals surface area contributed by atoms with E-state index in [1.165, 1.54) is 12.4 Å². The van der Waals surface area contributed by atoms with E-state index in [1.807, 2.05) is 25.1 Å². The van der Waals surface area contributed by atoms with Crippen molar-refractivity contribution in [2.75, 3.05) is 7.11 Å². The minimum absolute atomic E-state index is 0.0103. The molecule has 0 saturated carbocycles. The van der Waals surface area contributed by atoms with Gasteiger partial charge in [0, 0.05) is 19.0 Å². The molecule has 2 aliphatic rings. The summed E-state index contributed by atoms with van der Waals surface area (Å²) >= 11 is 0. The lowest BCUT2D eigenvalue weighted by Crippen LogP contribution is -2.40. The van der Waals surface area contributed by atoms with E-state index < -0.39 is 17.5 Å². The Hall–Kier alpha value is -4.12. The Balaban J connectivity index is 0.000000228. The smallest absolute Gasteiger partial charge is 0.322 e. The topological polar surface area (TPSA) is 159 Å². The number of aryl methyl sites for hydroxylation is 1. The molecule has 1 aromatic heterocycles. The Morgan fingerprint density at radius 3 is 2.50 bits per heavy atom. The number of benzene rings is 1. The van der Waals surface area contributed by atoms with Gasteiger partial charge < -0.3 is 19.8 Å². The lowest BCUT2D eigenvalue weighted by molar-refractivity contribution is -0.127. The number of carbonyl (C=O) groups is 4. The van der Waals surface area contributed by atoms with Crippen molar-refractivity contribution in [2.45, 2.75) is 52.6 Å². The van der Waals surface area contributed by atoms with E-state index in [-0.39, 0.29) is 11.8 Å². The molecular weight excluding hydrogens is 468 g/mol. The Kier molecular flexibility index (Phi) is 9.80. The number of methoxy groups -OCH3 is 1. The minimum Gasteiger partial charge on any atom is -0.497 e. The molecule has 11 heteroatoms. The largest absolute Gasteiger partial charge is 0.497 e. The average Bonchev–Trinajstić information content (AvgIpc) is 3.50. The minimum atomic E-state index is -1.12. The van der Waals surface area contributed by atoms with Gasteiger partial charge in [0.15, 0.2) is 5.54 Å². The molecule has 2 aliphatic heterocycles. The maximum Gasteiger partial charge on any atom is 0.322 e. The highest BCUT2D eigenvalue weighted by molar-refractivity contribution is 6.06. The number of fused-ring (bicyclic) bond motifs is 1. The highest BCUT2D eigenvalue weighted by atomic mass is 16.5. The van der Waals surface area contributed by atoms with Gasteiger partial charge in [0.05, 0.1) is 7.11 Å². The number of furan rings is 1. The molecule has 0 radical (unpaired) electrons. The van der Waals surface area contributed by atoms with E-state index in [4.69, 9.17) is 14.4 Å². The first kappa shape index (κ1) is 28.1. The second-order valence-electron chi connectivity index (χ2n) is 8.18. The first-order chi connectivity index (χ1) is 17.0. The lowest BCUT2D eigenvalue weighted by atomic mass is 9.98. The summed E-state index contributed by atoms with van der Waals surface area (Å²) in [6, 6.07) is 6.87. The fraction of sp³-hybridized carbons (Fsp3) is 0.360. The first-order valence-electron chi connectivity index (χ1n) is 11.3. The Morgan fingerprint density at radius 1 is 1.25 bits per heavy atom. The van der Waals surface area contributed by atoms with Gasteiger partial charge in [-0.3, -0.25) is 24.9 Å². The van der Waals surface area contributed by atoms with Gasteiger partial charge in [0.2, 0.25) is 5.91 Å². The van der Waals surface area contributed by atoms with Crippen molar-refractivity contribution in [3.05, 3.63) is 64.6 Å². The molecule has 0 bridgehead atoms. The van der Waals surface area contributed by atoms with Crippen molar-refractivity contribution in [1.82, 2.24) is 21.4 Å². The molecule has 36 heavy (non-hydrogen) atoms. The molecule has 1 atom stereocenters. The van der Waals surface area contributed by atoms with Crippen LogP contribution in [0.1, 0.15) is 60.2 Å². The fourth-order valence-corrected chi connectivity index (χ4v) is 3.38. The van der Waals surface area contributed by atoms with Crippen LogP contribution in [0.15, 0.2) is 40.8 Å². The fourth-order valence-electron chi connectivity index (χ4n) is 3.38. The Labute approximate surface area is 209 Å². The van der Waals surface area contributed by atoms with Crippen molar-refractivity contribution in [2.24, 2.45) is 0 Å². The molecule has 4 rings (SSSR count). The molecule has 194 valence electrons. The molecule has 0 aliphatic carbocycles. The third kappa shape index (κ3) is 6.95. The van der Waals surface area contributed by atoms with Crippen LogP contribution >= 0.6 is 0 Å². The third-order valence-corrected chi connectivity index (χ3v) is 5.46. The highest BCUT2D eigenvalue weighted by Gasteiger charge is 2.46. The molecule has 3 heterocycles. The number of ether oxygens (including phenoxy) is 1. The SMILES string of the molecule is CC(=O)NO.CC/C=C\Cc1cc([C@]2(C)NC(=O)NC2=O)oc1C.COc1ccc2c(c1)C(=O)NC2. The van der Waals surface area contributed by atoms with E-state index in [0.29, 0.717) is 12.3 Å². The van der Waals surface area contributed by atoms with E-state index in [9.17, 15) is 19.2 Å². The number of nitrogens with one attached hydrogen (secondary N) is 4. The summed E-state index contributed by atoms with van der Waals surface area (Å²) in [6.07, 6.45) is 5.89. The first-order valence-corrected chi connectivity index (χ1v) is 11.3. The molecule has 1 saturated heterocycles.